The zero-order chi connectivity index (χ0) is 15.2. The molecular formula is C12H21N7O2. The topological polar surface area (TPSA) is 118 Å². The molecule has 1 fully saturated rings. The van der Waals surface area contributed by atoms with E-state index < -0.39 is 0 Å². The Kier molecular flexibility index (Phi) is 5.23. The van der Waals surface area contributed by atoms with Crippen LogP contribution in [0.25, 0.3) is 0 Å². The van der Waals surface area contributed by atoms with Crippen molar-refractivity contribution in [2.45, 2.75) is 19.0 Å². The molecule has 9 heteroatoms. The van der Waals surface area contributed by atoms with Gasteiger partial charge in [0.15, 0.2) is 5.82 Å². The molecule has 1 amide bonds. The van der Waals surface area contributed by atoms with Gasteiger partial charge in [0.05, 0.1) is 19.8 Å². The average molecular weight is 295 g/mol. The molecule has 1 aliphatic rings. The smallest absolute Gasteiger partial charge is 0.229 e. The highest BCUT2D eigenvalue weighted by Crippen LogP contribution is 2.05. The summed E-state index contributed by atoms with van der Waals surface area (Å²) >= 11 is 0. The Labute approximate surface area is 123 Å². The normalized spacial score (nSPS) is 18.3. The number of carbonyl (C=O) groups is 1. The highest BCUT2D eigenvalue weighted by molar-refractivity contribution is 5.76. The maximum absolute atomic E-state index is 11.9. The minimum absolute atomic E-state index is 0.0551. The van der Waals surface area contributed by atoms with Crippen molar-refractivity contribution >= 4 is 17.8 Å². The summed E-state index contributed by atoms with van der Waals surface area (Å²) in [6.07, 6.45) is 0.362. The Hall–Kier alpha value is -2.00. The lowest BCUT2D eigenvalue weighted by Crippen LogP contribution is -2.44. The largest absolute Gasteiger partial charge is 0.378 e. The van der Waals surface area contributed by atoms with E-state index in [2.05, 4.69) is 25.6 Å². The fraction of sp³-hybridized carbons (Fsp3) is 0.667. The van der Waals surface area contributed by atoms with Crippen LogP contribution in [-0.2, 0) is 16.1 Å². The molecule has 2 heterocycles. The predicted octanol–water partition coefficient (Wildman–Crippen LogP) is -1.49. The molecule has 9 nitrogen and oxygen atoms in total. The number of nitrogens with two attached hydrogens (primary N) is 1. The standard InChI is InChI=1S/C12H21N7O2/c1-19(2)12-17-9(16-11(13)18-12)6-15-10(20)5-8-7-21-4-3-14-8/h8,14H,3-7H2,1-2H3,(H,15,20)(H2,13,16,17,18)/t8-/m0/s1. The van der Waals surface area contributed by atoms with Crippen molar-refractivity contribution in [2.24, 2.45) is 0 Å². The van der Waals surface area contributed by atoms with Crippen LogP contribution in [0.1, 0.15) is 12.2 Å². The molecule has 116 valence electrons. The van der Waals surface area contributed by atoms with Crippen molar-refractivity contribution in [2.75, 3.05) is 44.5 Å². The number of ether oxygens (including phenoxy) is 1. The van der Waals surface area contributed by atoms with Crippen LogP contribution in [0.2, 0.25) is 0 Å². The number of rotatable bonds is 5. The van der Waals surface area contributed by atoms with E-state index in [-0.39, 0.29) is 24.4 Å². The van der Waals surface area contributed by atoms with Gasteiger partial charge in [0.2, 0.25) is 17.8 Å². The molecule has 4 N–H and O–H groups in total. The Morgan fingerprint density at radius 2 is 2.29 bits per heavy atom. The van der Waals surface area contributed by atoms with Crippen molar-refractivity contribution in [3.8, 4) is 0 Å². The quantitative estimate of drug-likeness (QED) is 0.601. The van der Waals surface area contributed by atoms with E-state index in [1.54, 1.807) is 4.90 Å². The summed E-state index contributed by atoms with van der Waals surface area (Å²) in [5.74, 6) is 0.963. The molecule has 0 spiro atoms. The Bertz CT molecular complexity index is 488. The summed E-state index contributed by atoms with van der Waals surface area (Å²) in [6, 6.07) is 0.0551. The lowest BCUT2D eigenvalue weighted by atomic mass is 10.2. The third-order valence-electron chi connectivity index (χ3n) is 2.96. The second kappa shape index (κ2) is 7.14. The van der Waals surface area contributed by atoms with E-state index in [1.165, 1.54) is 0 Å². The van der Waals surface area contributed by atoms with Crippen molar-refractivity contribution in [1.82, 2.24) is 25.6 Å². The zero-order valence-electron chi connectivity index (χ0n) is 12.3. The first-order chi connectivity index (χ1) is 10.0. The molecule has 1 aliphatic heterocycles. The lowest BCUT2D eigenvalue weighted by Gasteiger charge is -2.23. The average Bonchev–Trinajstić information content (AvgIpc) is 2.45. The molecule has 2 rings (SSSR count). The van der Waals surface area contributed by atoms with E-state index in [4.69, 9.17) is 10.5 Å². The van der Waals surface area contributed by atoms with Gasteiger partial charge in [-0.3, -0.25) is 4.79 Å². The van der Waals surface area contributed by atoms with Gasteiger partial charge in [0.1, 0.15) is 0 Å². The van der Waals surface area contributed by atoms with Crippen molar-refractivity contribution in [1.29, 1.82) is 0 Å². The molecule has 1 aromatic rings. The Morgan fingerprint density at radius 3 is 2.95 bits per heavy atom. The van der Waals surface area contributed by atoms with E-state index >= 15 is 0 Å². The van der Waals surface area contributed by atoms with Crippen molar-refractivity contribution in [3.05, 3.63) is 5.82 Å². The molecule has 1 atom stereocenters. The van der Waals surface area contributed by atoms with Crippen LogP contribution in [-0.4, -0.2) is 60.8 Å². The van der Waals surface area contributed by atoms with Gasteiger partial charge in [-0.15, -0.1) is 0 Å². The highest BCUT2D eigenvalue weighted by Gasteiger charge is 2.17. The van der Waals surface area contributed by atoms with Crippen LogP contribution in [0.4, 0.5) is 11.9 Å². The van der Waals surface area contributed by atoms with Gasteiger partial charge in [0, 0.05) is 33.1 Å². The third kappa shape index (κ3) is 4.80. The Balaban J connectivity index is 1.85. The number of nitrogens with zero attached hydrogens (tertiary/aromatic N) is 4. The van der Waals surface area contributed by atoms with Crippen LogP contribution in [0, 0.1) is 0 Å². The zero-order valence-corrected chi connectivity index (χ0v) is 12.3. The summed E-state index contributed by atoms with van der Waals surface area (Å²) in [5, 5.41) is 6.01. The van der Waals surface area contributed by atoms with Crippen LogP contribution in [0.5, 0.6) is 0 Å². The van der Waals surface area contributed by atoms with Crippen LogP contribution in [0.3, 0.4) is 0 Å². The number of hydrogen-bond acceptors (Lipinski definition) is 8. The summed E-state index contributed by atoms with van der Waals surface area (Å²) in [4.78, 5) is 25.8. The third-order valence-corrected chi connectivity index (χ3v) is 2.96. The van der Waals surface area contributed by atoms with Gasteiger partial charge >= 0.3 is 0 Å². The molecular weight excluding hydrogens is 274 g/mol. The number of nitrogen functional groups attached to an aromatic ring is 1. The highest BCUT2D eigenvalue weighted by atomic mass is 16.5. The number of anilines is 2. The molecule has 0 unspecified atom stereocenters. The number of hydrogen-bond donors (Lipinski definition) is 3. The van der Waals surface area contributed by atoms with Crippen LogP contribution >= 0.6 is 0 Å². The molecule has 1 aromatic heterocycles. The van der Waals surface area contributed by atoms with Crippen molar-refractivity contribution in [3.63, 3.8) is 0 Å². The van der Waals surface area contributed by atoms with Crippen LogP contribution < -0.4 is 21.3 Å². The molecule has 1 saturated heterocycles. The van der Waals surface area contributed by atoms with Gasteiger partial charge < -0.3 is 26.0 Å². The summed E-state index contributed by atoms with van der Waals surface area (Å²) in [7, 11) is 3.62. The number of morpholine rings is 1. The van der Waals surface area contributed by atoms with Gasteiger partial charge in [0.25, 0.3) is 0 Å². The first-order valence-electron chi connectivity index (χ1n) is 6.80. The molecule has 0 aliphatic carbocycles. The molecule has 0 saturated carbocycles. The summed E-state index contributed by atoms with van der Waals surface area (Å²) in [6.45, 7) is 2.24. The number of amides is 1. The summed E-state index contributed by atoms with van der Waals surface area (Å²) in [5.41, 5.74) is 5.62. The predicted molar refractivity (Wildman–Crippen MR) is 77.6 cm³/mol. The van der Waals surface area contributed by atoms with Gasteiger partial charge in [-0.1, -0.05) is 0 Å². The number of carbonyl (C=O) groups excluding carboxylic acids is 1. The fourth-order valence-electron chi connectivity index (χ4n) is 1.93. The van der Waals surface area contributed by atoms with Crippen molar-refractivity contribution < 1.29 is 9.53 Å². The van der Waals surface area contributed by atoms with Gasteiger partial charge in [-0.2, -0.15) is 15.0 Å². The van der Waals surface area contributed by atoms with E-state index in [0.717, 1.165) is 6.54 Å². The second-order valence-corrected chi connectivity index (χ2v) is 5.01. The van der Waals surface area contributed by atoms with E-state index in [1.807, 2.05) is 14.1 Å². The SMILES string of the molecule is CN(C)c1nc(N)nc(CNC(=O)C[C@H]2COCCN2)n1. The maximum Gasteiger partial charge on any atom is 0.229 e. The fourth-order valence-corrected chi connectivity index (χ4v) is 1.93. The second-order valence-electron chi connectivity index (χ2n) is 5.01. The number of aromatic nitrogens is 3. The summed E-state index contributed by atoms with van der Waals surface area (Å²) < 4.78 is 5.31. The van der Waals surface area contributed by atoms with E-state index in [9.17, 15) is 4.79 Å². The monoisotopic (exact) mass is 295 g/mol. The van der Waals surface area contributed by atoms with E-state index in [0.29, 0.717) is 31.4 Å². The Morgan fingerprint density at radius 1 is 1.48 bits per heavy atom. The first kappa shape index (κ1) is 15.4. The molecule has 21 heavy (non-hydrogen) atoms. The maximum atomic E-state index is 11.9. The minimum atomic E-state index is -0.0802. The first-order valence-corrected chi connectivity index (χ1v) is 6.80. The lowest BCUT2D eigenvalue weighted by molar-refractivity contribution is -0.122. The number of nitrogens with one attached hydrogen (secondary N) is 2. The van der Waals surface area contributed by atoms with Crippen LogP contribution in [0.15, 0.2) is 0 Å². The molecule has 0 aromatic carbocycles. The van der Waals surface area contributed by atoms with Gasteiger partial charge in [-0.05, 0) is 0 Å². The minimum Gasteiger partial charge on any atom is -0.378 e. The van der Waals surface area contributed by atoms with Gasteiger partial charge in [-0.25, -0.2) is 0 Å². The molecule has 0 radical (unpaired) electrons. The molecule has 0 bridgehead atoms.